The highest BCUT2D eigenvalue weighted by Gasteiger charge is 2.05. The lowest BCUT2D eigenvalue weighted by atomic mass is 10.2. The van der Waals surface area contributed by atoms with Crippen LogP contribution in [0.1, 0.15) is 22.2 Å². The zero-order valence-corrected chi connectivity index (χ0v) is 20.5. The molecule has 148 valence electrons. The smallest absolute Gasteiger partial charge is 0.227 e. The molecule has 0 saturated heterocycles. The zero-order valence-electron chi connectivity index (χ0n) is 15.6. The molecule has 1 N–H and O–H groups in total. The predicted octanol–water partition coefficient (Wildman–Crippen LogP) is 7.73. The van der Waals surface area contributed by atoms with Crippen LogP contribution in [0.3, 0.4) is 0 Å². The van der Waals surface area contributed by atoms with E-state index in [0.717, 1.165) is 30.1 Å². The molecule has 0 radical (unpaired) electrons. The van der Waals surface area contributed by atoms with Crippen molar-refractivity contribution in [2.24, 2.45) is 0 Å². The van der Waals surface area contributed by atoms with Gasteiger partial charge in [0, 0.05) is 31.6 Å². The molecular formula is C21H17Br2N3OS2. The number of Topliss-reactive ketones (excluding diaryl/α,β-unsaturated/α-hetero) is 1. The van der Waals surface area contributed by atoms with Crippen LogP contribution in [0.15, 0.2) is 68.4 Å². The largest absolute Gasteiger partial charge is 0.324 e. The molecule has 0 unspecified atom stereocenters. The fourth-order valence-electron chi connectivity index (χ4n) is 2.35. The average Bonchev–Trinajstić information content (AvgIpc) is 3.31. The summed E-state index contributed by atoms with van der Waals surface area (Å²) < 4.78 is 2.06. The number of hydrogen-bond acceptors (Lipinski definition) is 6. The summed E-state index contributed by atoms with van der Waals surface area (Å²) in [5.41, 5.74) is 3.12. The molecule has 0 atom stereocenters. The second kappa shape index (κ2) is 10.2. The van der Waals surface area contributed by atoms with E-state index in [1.165, 1.54) is 16.9 Å². The first-order valence-corrected chi connectivity index (χ1v) is 11.9. The normalized spacial score (nSPS) is 10.2. The summed E-state index contributed by atoms with van der Waals surface area (Å²) in [6.07, 6.45) is 1.77. The summed E-state index contributed by atoms with van der Waals surface area (Å²) in [4.78, 5) is 21.4. The summed E-state index contributed by atoms with van der Waals surface area (Å²) in [6.45, 7) is 3.63. The lowest BCUT2D eigenvalue weighted by molar-refractivity contribution is 0.102. The quantitative estimate of drug-likeness (QED) is 0.264. The van der Waals surface area contributed by atoms with E-state index in [9.17, 15) is 4.79 Å². The van der Waals surface area contributed by atoms with Crippen LogP contribution in [0.25, 0.3) is 10.6 Å². The van der Waals surface area contributed by atoms with E-state index in [1.54, 1.807) is 24.5 Å². The van der Waals surface area contributed by atoms with Crippen LogP contribution >= 0.6 is 54.5 Å². The van der Waals surface area contributed by atoms with Crippen molar-refractivity contribution in [3.05, 3.63) is 78.8 Å². The van der Waals surface area contributed by atoms with Crippen molar-refractivity contribution in [1.29, 1.82) is 0 Å². The third-order valence-electron chi connectivity index (χ3n) is 3.66. The first-order chi connectivity index (χ1) is 13.9. The molecule has 3 heterocycles. The molecule has 0 spiro atoms. The van der Waals surface area contributed by atoms with Gasteiger partial charge in [0.25, 0.3) is 0 Å². The van der Waals surface area contributed by atoms with Gasteiger partial charge in [-0.25, -0.2) is 9.97 Å². The molecule has 0 bridgehead atoms. The van der Waals surface area contributed by atoms with Crippen LogP contribution in [0, 0.1) is 6.92 Å². The highest BCUT2D eigenvalue weighted by atomic mass is 79.9. The number of carbonyl (C=O) groups excluding carboxylic acids is 1. The number of aryl methyl sites for hydroxylation is 1. The highest BCUT2D eigenvalue weighted by molar-refractivity contribution is 9.10. The molecule has 4 rings (SSSR count). The van der Waals surface area contributed by atoms with E-state index in [2.05, 4.69) is 72.3 Å². The van der Waals surface area contributed by atoms with Crippen LogP contribution in [0.5, 0.6) is 0 Å². The molecule has 0 aliphatic carbocycles. The standard InChI is InChI=1S/C15H12BrN3S.C6H5BrOS/c1-10-3-2-4-12(7-10)18-15-17-6-5-13(19-15)14-8-11(16)9-20-14;1-4(8)6-2-5(7)3-9-6/h2-9H,1H3,(H,17,18,19);2-3H,1H3. The molecule has 29 heavy (non-hydrogen) atoms. The summed E-state index contributed by atoms with van der Waals surface area (Å²) in [7, 11) is 0. The van der Waals surface area contributed by atoms with Gasteiger partial charge in [0.2, 0.25) is 5.95 Å². The lowest BCUT2D eigenvalue weighted by Crippen LogP contribution is -1.97. The first-order valence-electron chi connectivity index (χ1n) is 8.57. The molecule has 3 aromatic heterocycles. The molecule has 0 fully saturated rings. The number of carbonyl (C=O) groups is 1. The topological polar surface area (TPSA) is 54.9 Å². The third kappa shape index (κ3) is 6.57. The molecule has 0 aliphatic rings. The van der Waals surface area contributed by atoms with Gasteiger partial charge in [-0.1, -0.05) is 12.1 Å². The minimum atomic E-state index is 0.130. The van der Waals surface area contributed by atoms with Crippen molar-refractivity contribution in [2.75, 3.05) is 5.32 Å². The Labute approximate surface area is 194 Å². The Morgan fingerprint density at radius 2 is 1.79 bits per heavy atom. The molecule has 8 heteroatoms. The van der Waals surface area contributed by atoms with E-state index in [0.29, 0.717) is 5.95 Å². The van der Waals surface area contributed by atoms with Crippen molar-refractivity contribution in [1.82, 2.24) is 9.97 Å². The van der Waals surface area contributed by atoms with Crippen LogP contribution in [0.2, 0.25) is 0 Å². The summed E-state index contributed by atoms with van der Waals surface area (Å²) >= 11 is 9.84. The van der Waals surface area contributed by atoms with Gasteiger partial charge in [-0.3, -0.25) is 4.79 Å². The maximum Gasteiger partial charge on any atom is 0.227 e. The van der Waals surface area contributed by atoms with Gasteiger partial charge in [0.1, 0.15) is 0 Å². The number of halogens is 2. The fraction of sp³-hybridized carbons (Fsp3) is 0.0952. The minimum absolute atomic E-state index is 0.130. The van der Waals surface area contributed by atoms with Crippen LogP contribution < -0.4 is 5.32 Å². The molecule has 0 amide bonds. The van der Waals surface area contributed by atoms with Gasteiger partial charge in [0.15, 0.2) is 5.78 Å². The molecular weight excluding hydrogens is 534 g/mol. The third-order valence-corrected chi connectivity index (χ3v) is 7.17. The summed E-state index contributed by atoms with van der Waals surface area (Å²) in [5.74, 6) is 0.739. The molecule has 1 aromatic carbocycles. The number of nitrogens with zero attached hydrogens (tertiary/aromatic N) is 2. The Morgan fingerprint density at radius 1 is 1.03 bits per heavy atom. The first kappa shape index (κ1) is 21.8. The van der Waals surface area contributed by atoms with E-state index >= 15 is 0 Å². The Morgan fingerprint density at radius 3 is 2.38 bits per heavy atom. The SMILES string of the molecule is CC(=O)c1cc(Br)cs1.Cc1cccc(Nc2nccc(-c3cc(Br)cs3)n2)c1. The number of ketones is 1. The number of rotatable bonds is 4. The molecule has 0 aliphatic heterocycles. The van der Waals surface area contributed by atoms with Gasteiger partial charge < -0.3 is 5.32 Å². The highest BCUT2D eigenvalue weighted by Crippen LogP contribution is 2.29. The average molecular weight is 551 g/mol. The number of thiophene rings is 2. The maximum atomic E-state index is 10.6. The van der Waals surface area contributed by atoms with E-state index in [-0.39, 0.29) is 5.78 Å². The Hall–Kier alpha value is -1.87. The van der Waals surface area contributed by atoms with Crippen LogP contribution in [-0.2, 0) is 0 Å². The van der Waals surface area contributed by atoms with E-state index in [4.69, 9.17) is 0 Å². The molecule has 0 saturated carbocycles. The molecule has 4 nitrogen and oxygen atoms in total. The van der Waals surface area contributed by atoms with Crippen molar-refractivity contribution < 1.29 is 4.79 Å². The molecule has 4 aromatic rings. The minimum Gasteiger partial charge on any atom is -0.324 e. The van der Waals surface area contributed by atoms with Crippen LogP contribution in [-0.4, -0.2) is 15.8 Å². The fourth-order valence-corrected chi connectivity index (χ4v) is 5.08. The zero-order chi connectivity index (χ0) is 20.8. The number of hydrogen-bond donors (Lipinski definition) is 1. The van der Waals surface area contributed by atoms with Crippen molar-refractivity contribution in [3.8, 4) is 10.6 Å². The lowest BCUT2D eigenvalue weighted by Gasteiger charge is -2.06. The van der Waals surface area contributed by atoms with E-state index < -0.39 is 0 Å². The van der Waals surface area contributed by atoms with Gasteiger partial charge in [0.05, 0.1) is 15.4 Å². The number of benzene rings is 1. The Kier molecular flexibility index (Phi) is 7.71. The number of aromatic nitrogens is 2. The van der Waals surface area contributed by atoms with Gasteiger partial charge in [-0.05, 0) is 81.6 Å². The van der Waals surface area contributed by atoms with Crippen LogP contribution in [0.4, 0.5) is 11.6 Å². The Bertz CT molecular complexity index is 1120. The monoisotopic (exact) mass is 549 g/mol. The van der Waals surface area contributed by atoms with E-state index in [1.807, 2.05) is 35.0 Å². The number of anilines is 2. The second-order valence-electron chi connectivity index (χ2n) is 6.07. The van der Waals surface area contributed by atoms with Gasteiger partial charge in [-0.2, -0.15) is 0 Å². The summed E-state index contributed by atoms with van der Waals surface area (Å²) in [5, 5.41) is 7.18. The maximum absolute atomic E-state index is 10.6. The van der Waals surface area contributed by atoms with Gasteiger partial charge >= 0.3 is 0 Å². The second-order valence-corrected chi connectivity index (χ2v) is 9.73. The van der Waals surface area contributed by atoms with Crippen molar-refractivity contribution in [3.63, 3.8) is 0 Å². The number of nitrogens with one attached hydrogen (secondary N) is 1. The summed E-state index contributed by atoms with van der Waals surface area (Å²) in [6, 6.07) is 13.9. The van der Waals surface area contributed by atoms with Crippen molar-refractivity contribution in [2.45, 2.75) is 13.8 Å². The van der Waals surface area contributed by atoms with Gasteiger partial charge in [-0.15, -0.1) is 22.7 Å². The predicted molar refractivity (Wildman–Crippen MR) is 130 cm³/mol. The van der Waals surface area contributed by atoms with Crippen molar-refractivity contribution >= 4 is 72.0 Å². The Balaban J connectivity index is 0.000000224.